The Morgan fingerprint density at radius 3 is 2.70 bits per heavy atom. The van der Waals surface area contributed by atoms with Crippen LogP contribution in [-0.4, -0.2) is 29.9 Å². The second-order valence-corrected chi connectivity index (χ2v) is 7.05. The van der Waals surface area contributed by atoms with E-state index in [1.165, 1.54) is 0 Å². The Kier molecular flexibility index (Phi) is 4.50. The molecule has 1 aromatic carbocycles. The van der Waals surface area contributed by atoms with Crippen LogP contribution in [0, 0.1) is 0 Å². The minimum Gasteiger partial charge on any atom is -0.375 e. The Bertz CT molecular complexity index is 679. The van der Waals surface area contributed by atoms with Gasteiger partial charge in [0, 0.05) is 19.5 Å². The van der Waals surface area contributed by atoms with E-state index in [4.69, 9.17) is 4.74 Å². The quantitative estimate of drug-likeness (QED) is 0.813. The first-order valence-corrected chi connectivity index (χ1v) is 8.73. The second-order valence-electron chi connectivity index (χ2n) is 6.16. The Labute approximate surface area is 141 Å². The number of amides is 1. The van der Waals surface area contributed by atoms with Gasteiger partial charge in [-0.05, 0) is 25.3 Å². The molecule has 0 spiro atoms. The van der Waals surface area contributed by atoms with Crippen LogP contribution in [0.15, 0.2) is 35.7 Å². The molecule has 1 heterocycles. The van der Waals surface area contributed by atoms with Gasteiger partial charge in [-0.1, -0.05) is 30.3 Å². The molecule has 1 aliphatic rings. The number of nitrogens with zero attached hydrogens (tertiary/aromatic N) is 2. The minimum atomic E-state index is -0.311. The van der Waals surface area contributed by atoms with Crippen LogP contribution < -0.4 is 0 Å². The van der Waals surface area contributed by atoms with Gasteiger partial charge in [0.2, 0.25) is 5.91 Å². The molecule has 23 heavy (non-hydrogen) atoms. The van der Waals surface area contributed by atoms with Crippen LogP contribution in [0.2, 0.25) is 0 Å². The van der Waals surface area contributed by atoms with Crippen molar-refractivity contribution in [2.75, 3.05) is 14.2 Å². The number of aromatic nitrogens is 1. The third-order valence-corrected chi connectivity index (χ3v) is 5.56. The molecule has 2 aromatic rings. The molecule has 1 unspecified atom stereocenters. The van der Waals surface area contributed by atoms with E-state index in [1.807, 2.05) is 37.6 Å². The summed E-state index contributed by atoms with van der Waals surface area (Å²) in [5.74, 6) is 0.193. The number of carbonyl (C=O) groups excluding carboxylic acids is 1. The smallest absolute Gasteiger partial charge is 0.233 e. The first-order chi connectivity index (χ1) is 11.1. The van der Waals surface area contributed by atoms with Gasteiger partial charge in [-0.2, -0.15) is 0 Å². The molecule has 0 bridgehead atoms. The van der Waals surface area contributed by atoms with Crippen molar-refractivity contribution in [3.8, 4) is 0 Å². The average Bonchev–Trinajstić information content (AvgIpc) is 3.27. The summed E-state index contributed by atoms with van der Waals surface area (Å²) in [6, 6.07) is 10.1. The van der Waals surface area contributed by atoms with Gasteiger partial charge in [-0.3, -0.25) is 4.79 Å². The molecule has 0 N–H and O–H groups in total. The van der Waals surface area contributed by atoms with Crippen LogP contribution >= 0.6 is 11.3 Å². The minimum absolute atomic E-state index is 0.00569. The van der Waals surface area contributed by atoms with Crippen molar-refractivity contribution in [2.45, 2.75) is 37.8 Å². The standard InChI is InChI=1S/C18H22N2O2S/c1-13(22-3)16-19-15(12-23-16)11-20(2)17(21)18(9-10-18)14-7-5-4-6-8-14/h4-8,12-13H,9-11H2,1-3H3. The maximum absolute atomic E-state index is 12.9. The summed E-state index contributed by atoms with van der Waals surface area (Å²) in [7, 11) is 3.54. The Morgan fingerprint density at radius 1 is 1.39 bits per heavy atom. The fraction of sp³-hybridized carbons (Fsp3) is 0.444. The van der Waals surface area contributed by atoms with Gasteiger partial charge in [-0.15, -0.1) is 11.3 Å². The van der Waals surface area contributed by atoms with E-state index in [2.05, 4.69) is 17.1 Å². The van der Waals surface area contributed by atoms with E-state index in [9.17, 15) is 4.79 Å². The van der Waals surface area contributed by atoms with Crippen LogP contribution in [0.3, 0.4) is 0 Å². The van der Waals surface area contributed by atoms with E-state index in [0.29, 0.717) is 6.54 Å². The van der Waals surface area contributed by atoms with Gasteiger partial charge < -0.3 is 9.64 Å². The van der Waals surface area contributed by atoms with Gasteiger partial charge in [0.25, 0.3) is 0 Å². The monoisotopic (exact) mass is 330 g/mol. The maximum atomic E-state index is 12.9. The molecule has 1 fully saturated rings. The predicted molar refractivity (Wildman–Crippen MR) is 91.4 cm³/mol. The lowest BCUT2D eigenvalue weighted by molar-refractivity contribution is -0.133. The highest BCUT2D eigenvalue weighted by molar-refractivity contribution is 7.09. The molecule has 1 saturated carbocycles. The Morgan fingerprint density at radius 2 is 2.09 bits per heavy atom. The predicted octanol–water partition coefficient (Wildman–Crippen LogP) is 3.54. The van der Waals surface area contributed by atoms with E-state index < -0.39 is 0 Å². The third-order valence-electron chi connectivity index (χ3n) is 4.50. The zero-order valence-electron chi connectivity index (χ0n) is 13.8. The van der Waals surface area contributed by atoms with Crippen LogP contribution in [0.1, 0.15) is 42.1 Å². The number of methoxy groups -OCH3 is 1. The maximum Gasteiger partial charge on any atom is 0.233 e. The number of ether oxygens (including phenoxy) is 1. The molecule has 5 heteroatoms. The van der Waals surface area contributed by atoms with Gasteiger partial charge in [0.05, 0.1) is 17.7 Å². The third kappa shape index (κ3) is 3.16. The van der Waals surface area contributed by atoms with Crippen LogP contribution in [0.5, 0.6) is 0 Å². The Hall–Kier alpha value is -1.72. The molecular formula is C18H22N2O2S. The molecule has 0 saturated heterocycles. The van der Waals surface area contributed by atoms with Crippen LogP contribution in [0.4, 0.5) is 0 Å². The first kappa shape index (κ1) is 16.1. The molecule has 1 amide bonds. The lowest BCUT2D eigenvalue weighted by Crippen LogP contribution is -2.36. The normalized spacial score (nSPS) is 16.8. The van der Waals surface area contributed by atoms with Crippen molar-refractivity contribution < 1.29 is 9.53 Å². The van der Waals surface area contributed by atoms with Crippen LogP contribution in [-0.2, 0) is 21.5 Å². The van der Waals surface area contributed by atoms with Crippen molar-refractivity contribution in [1.82, 2.24) is 9.88 Å². The number of hydrogen-bond donors (Lipinski definition) is 0. The summed E-state index contributed by atoms with van der Waals surface area (Å²) >= 11 is 1.58. The fourth-order valence-electron chi connectivity index (χ4n) is 2.87. The van der Waals surface area contributed by atoms with Gasteiger partial charge in [0.15, 0.2) is 0 Å². The summed E-state index contributed by atoms with van der Waals surface area (Å²) < 4.78 is 5.29. The van der Waals surface area contributed by atoms with Gasteiger partial charge in [-0.25, -0.2) is 4.98 Å². The largest absolute Gasteiger partial charge is 0.375 e. The fourth-order valence-corrected chi connectivity index (χ4v) is 3.71. The molecule has 122 valence electrons. The highest BCUT2D eigenvalue weighted by atomic mass is 32.1. The molecule has 0 radical (unpaired) electrons. The van der Waals surface area contributed by atoms with E-state index in [-0.39, 0.29) is 17.4 Å². The summed E-state index contributed by atoms with van der Waals surface area (Å²) in [5.41, 5.74) is 1.74. The number of likely N-dealkylation sites (N-methyl/N-ethyl adjacent to an activating group) is 1. The summed E-state index contributed by atoms with van der Waals surface area (Å²) in [6.45, 7) is 2.52. The van der Waals surface area contributed by atoms with E-state index >= 15 is 0 Å². The average molecular weight is 330 g/mol. The van der Waals surface area contributed by atoms with Crippen molar-refractivity contribution in [1.29, 1.82) is 0 Å². The topological polar surface area (TPSA) is 42.4 Å². The lowest BCUT2D eigenvalue weighted by atomic mass is 9.94. The molecule has 3 rings (SSSR count). The molecule has 1 aliphatic carbocycles. The molecule has 4 nitrogen and oxygen atoms in total. The highest BCUT2D eigenvalue weighted by Gasteiger charge is 2.52. The SMILES string of the molecule is COC(C)c1nc(CN(C)C(=O)C2(c3ccccc3)CC2)cs1. The molecule has 1 atom stereocenters. The number of carbonyl (C=O) groups is 1. The van der Waals surface area contributed by atoms with Gasteiger partial charge in [0.1, 0.15) is 11.1 Å². The van der Waals surface area contributed by atoms with Crippen LogP contribution in [0.25, 0.3) is 0 Å². The summed E-state index contributed by atoms with van der Waals surface area (Å²) in [4.78, 5) is 19.3. The number of thiazole rings is 1. The molecular weight excluding hydrogens is 308 g/mol. The lowest BCUT2D eigenvalue weighted by Gasteiger charge is -2.23. The van der Waals surface area contributed by atoms with Crippen molar-refractivity contribution in [2.24, 2.45) is 0 Å². The second kappa shape index (κ2) is 6.42. The molecule has 1 aromatic heterocycles. The zero-order chi connectivity index (χ0) is 16.4. The van der Waals surface area contributed by atoms with Crippen molar-refractivity contribution in [3.05, 3.63) is 52.0 Å². The number of rotatable bonds is 6. The Balaban J connectivity index is 1.70. The molecule has 0 aliphatic heterocycles. The summed E-state index contributed by atoms with van der Waals surface area (Å²) in [6.07, 6.45) is 1.86. The van der Waals surface area contributed by atoms with E-state index in [1.54, 1.807) is 23.3 Å². The first-order valence-electron chi connectivity index (χ1n) is 7.85. The number of hydrogen-bond acceptors (Lipinski definition) is 4. The van der Waals surface area contributed by atoms with Crippen molar-refractivity contribution >= 4 is 17.2 Å². The zero-order valence-corrected chi connectivity index (χ0v) is 14.6. The number of benzene rings is 1. The highest BCUT2D eigenvalue weighted by Crippen LogP contribution is 2.49. The van der Waals surface area contributed by atoms with E-state index in [0.717, 1.165) is 29.1 Å². The summed E-state index contributed by atoms with van der Waals surface area (Å²) in [5, 5.41) is 2.96. The van der Waals surface area contributed by atoms with Crippen molar-refractivity contribution in [3.63, 3.8) is 0 Å². The van der Waals surface area contributed by atoms with Gasteiger partial charge >= 0.3 is 0 Å².